The maximum Gasteiger partial charge on any atom is 0.417 e. The first-order valence-electron chi connectivity index (χ1n) is 22.4. The van der Waals surface area contributed by atoms with Crippen molar-refractivity contribution in [2.75, 3.05) is 76.1 Å². The van der Waals surface area contributed by atoms with Gasteiger partial charge in [-0.25, -0.2) is 0 Å². The summed E-state index contributed by atoms with van der Waals surface area (Å²) in [5.41, 5.74) is 3.70. The number of benzene rings is 4. The Morgan fingerprint density at radius 3 is 1.42 bits per heavy atom. The third-order valence-electron chi connectivity index (χ3n) is 11.9. The number of rotatable bonds is 17. The van der Waals surface area contributed by atoms with E-state index >= 15 is 0 Å². The molecule has 0 aromatic heterocycles. The number of alkyl halides is 3. The van der Waals surface area contributed by atoms with Gasteiger partial charge in [0, 0.05) is 96.0 Å². The number of ether oxygens (including phenoxy) is 1. The highest BCUT2D eigenvalue weighted by atomic mass is 19.4. The smallest absolute Gasteiger partial charge is 0.417 e. The topological polar surface area (TPSA) is 115 Å². The number of nitrogens with zero attached hydrogens (tertiary/aromatic N) is 4. The van der Waals surface area contributed by atoms with E-state index in [-0.39, 0.29) is 35.3 Å². The zero-order valence-corrected chi connectivity index (χ0v) is 37.4. The fourth-order valence-corrected chi connectivity index (χ4v) is 8.23. The number of hydrogen-bond donors (Lipinski definition) is 2. The van der Waals surface area contributed by atoms with Crippen LogP contribution in [0.15, 0.2) is 84.9 Å². The lowest BCUT2D eigenvalue weighted by Crippen LogP contribution is -2.48. The van der Waals surface area contributed by atoms with Crippen LogP contribution >= 0.6 is 0 Å². The number of halogens is 3. The van der Waals surface area contributed by atoms with Crippen molar-refractivity contribution in [3.05, 3.63) is 90.5 Å². The second-order valence-corrected chi connectivity index (χ2v) is 17.0. The minimum Gasteiger partial charge on any atom is -0.490 e. The SMILES string of the molecule is CC(=O)N1CCN(CCCCC(=O)Nc2ccc(-c3ccc(-c4ccc(C(F)(F)F)c(-c5ccc(NC(=O)CCCCN6CCN(C(C)=O)CC6)cc5)c4)cc3OC(C)C)cc2)CC1. The second-order valence-electron chi connectivity index (χ2n) is 17.0. The molecule has 14 heteroatoms. The van der Waals surface area contributed by atoms with Crippen molar-refractivity contribution in [3.63, 3.8) is 0 Å². The van der Waals surface area contributed by atoms with E-state index in [0.717, 1.165) is 102 Å². The molecule has 11 nitrogen and oxygen atoms in total. The van der Waals surface area contributed by atoms with Crippen LogP contribution in [0.3, 0.4) is 0 Å². The average molecular weight is 883 g/mol. The third-order valence-corrected chi connectivity index (χ3v) is 11.9. The summed E-state index contributed by atoms with van der Waals surface area (Å²) in [6, 6.07) is 23.6. The Balaban J connectivity index is 1.06. The van der Waals surface area contributed by atoms with Crippen LogP contribution in [0, 0.1) is 0 Å². The maximum atomic E-state index is 14.4. The molecule has 0 radical (unpaired) electrons. The van der Waals surface area contributed by atoms with Crippen molar-refractivity contribution < 1.29 is 37.1 Å². The van der Waals surface area contributed by atoms with Crippen LogP contribution in [-0.4, -0.2) is 115 Å². The first-order chi connectivity index (χ1) is 30.6. The highest BCUT2D eigenvalue weighted by Gasteiger charge is 2.34. The fourth-order valence-electron chi connectivity index (χ4n) is 8.23. The van der Waals surface area contributed by atoms with Gasteiger partial charge in [0.1, 0.15) is 5.75 Å². The molecule has 4 aromatic rings. The molecule has 2 aliphatic heterocycles. The summed E-state index contributed by atoms with van der Waals surface area (Å²) in [5, 5.41) is 5.86. The van der Waals surface area contributed by atoms with Gasteiger partial charge in [-0.2, -0.15) is 13.2 Å². The van der Waals surface area contributed by atoms with E-state index in [2.05, 4.69) is 20.4 Å². The van der Waals surface area contributed by atoms with E-state index < -0.39 is 11.7 Å². The number of piperazine rings is 2. The standard InChI is InChI=1S/C50H61F3N6O5/c1-35(2)64-47-34-41(15-21-44(47)38-11-17-42(18-12-38)54-48(62)9-5-7-23-56-25-29-58(30-26-56)36(3)60)40-16-22-46(50(51,52)53)45(33-40)39-13-19-43(20-14-39)55-49(63)10-6-8-24-57-27-31-59(32-28-57)37(4)61/h11-22,33-35H,5-10,23-32H2,1-4H3,(H,54,62)(H,55,63). The van der Waals surface area contributed by atoms with Crippen molar-refractivity contribution in [2.24, 2.45) is 0 Å². The maximum absolute atomic E-state index is 14.4. The largest absolute Gasteiger partial charge is 0.490 e. The van der Waals surface area contributed by atoms with Crippen LogP contribution < -0.4 is 15.4 Å². The summed E-state index contributed by atoms with van der Waals surface area (Å²) in [6.45, 7) is 15.0. The van der Waals surface area contributed by atoms with E-state index in [1.165, 1.54) is 6.07 Å². The molecule has 0 spiro atoms. The van der Waals surface area contributed by atoms with Gasteiger partial charge in [0.2, 0.25) is 23.6 Å². The first-order valence-corrected chi connectivity index (χ1v) is 22.4. The van der Waals surface area contributed by atoms with Gasteiger partial charge in [-0.1, -0.05) is 42.5 Å². The number of anilines is 2. The molecule has 342 valence electrons. The molecule has 0 unspecified atom stereocenters. The summed E-state index contributed by atoms with van der Waals surface area (Å²) >= 11 is 0. The minimum atomic E-state index is -4.60. The van der Waals surface area contributed by atoms with Crippen molar-refractivity contribution >= 4 is 35.0 Å². The lowest BCUT2D eigenvalue weighted by atomic mass is 9.93. The molecule has 0 bridgehead atoms. The van der Waals surface area contributed by atoms with Gasteiger partial charge < -0.3 is 25.2 Å². The van der Waals surface area contributed by atoms with Crippen molar-refractivity contribution in [1.29, 1.82) is 0 Å². The molecule has 2 N–H and O–H groups in total. The summed E-state index contributed by atoms with van der Waals surface area (Å²) in [6.07, 6.45) is -0.847. The molecule has 0 saturated carbocycles. The number of amides is 4. The Morgan fingerprint density at radius 1 is 0.562 bits per heavy atom. The Labute approximate surface area is 374 Å². The third kappa shape index (κ3) is 13.6. The number of carbonyl (C=O) groups excluding carboxylic acids is 4. The van der Waals surface area contributed by atoms with Gasteiger partial charge >= 0.3 is 6.18 Å². The van der Waals surface area contributed by atoms with Gasteiger partial charge in [0.15, 0.2) is 0 Å². The molecule has 4 amide bonds. The average Bonchev–Trinajstić information content (AvgIpc) is 3.27. The normalized spacial score (nSPS) is 15.0. The minimum absolute atomic E-state index is 0.0178. The Bertz CT molecular complexity index is 2210. The first kappa shape index (κ1) is 47.7. The molecule has 6 rings (SSSR count). The molecule has 2 heterocycles. The molecule has 2 aliphatic rings. The van der Waals surface area contributed by atoms with E-state index in [0.29, 0.717) is 53.1 Å². The highest BCUT2D eigenvalue weighted by Crippen LogP contribution is 2.41. The lowest BCUT2D eigenvalue weighted by Gasteiger charge is -2.34. The molecule has 0 atom stereocenters. The van der Waals surface area contributed by atoms with Crippen LogP contribution in [0.25, 0.3) is 33.4 Å². The van der Waals surface area contributed by atoms with Crippen LogP contribution in [0.4, 0.5) is 24.5 Å². The van der Waals surface area contributed by atoms with Crippen LogP contribution in [0.5, 0.6) is 5.75 Å². The van der Waals surface area contributed by atoms with Gasteiger partial charge in [-0.05, 0) is 123 Å². The molecular weight excluding hydrogens is 822 g/mol. The van der Waals surface area contributed by atoms with Crippen molar-refractivity contribution in [3.8, 4) is 39.1 Å². The fraction of sp³-hybridized carbons (Fsp3) is 0.440. The predicted molar refractivity (Wildman–Crippen MR) is 246 cm³/mol. The van der Waals surface area contributed by atoms with Crippen LogP contribution in [0.2, 0.25) is 0 Å². The summed E-state index contributed by atoms with van der Waals surface area (Å²) in [7, 11) is 0. The van der Waals surface area contributed by atoms with Crippen molar-refractivity contribution in [2.45, 2.75) is 78.5 Å². The number of carbonyl (C=O) groups is 4. The molecule has 0 aliphatic carbocycles. The predicted octanol–water partition coefficient (Wildman–Crippen LogP) is 9.04. The quantitative estimate of drug-likeness (QED) is 0.102. The number of unbranched alkanes of at least 4 members (excludes halogenated alkanes) is 2. The number of hydrogen-bond acceptors (Lipinski definition) is 7. The Hall–Kier alpha value is -5.73. The summed E-state index contributed by atoms with van der Waals surface area (Å²) in [4.78, 5) is 57.0. The van der Waals surface area contributed by atoms with E-state index in [1.54, 1.807) is 44.2 Å². The van der Waals surface area contributed by atoms with E-state index in [1.807, 2.05) is 66.1 Å². The molecule has 4 aromatic carbocycles. The monoisotopic (exact) mass is 882 g/mol. The Kier molecular flexibility index (Phi) is 16.6. The highest BCUT2D eigenvalue weighted by molar-refractivity contribution is 5.92. The van der Waals surface area contributed by atoms with Crippen molar-refractivity contribution in [1.82, 2.24) is 19.6 Å². The summed E-state index contributed by atoms with van der Waals surface area (Å²) < 4.78 is 49.5. The molecule has 64 heavy (non-hydrogen) atoms. The van der Waals surface area contributed by atoms with Gasteiger partial charge in [0.05, 0.1) is 11.7 Å². The van der Waals surface area contributed by atoms with E-state index in [4.69, 9.17) is 4.74 Å². The van der Waals surface area contributed by atoms with Gasteiger partial charge in [-0.3, -0.25) is 29.0 Å². The van der Waals surface area contributed by atoms with Crippen LogP contribution in [-0.2, 0) is 25.4 Å². The van der Waals surface area contributed by atoms with Gasteiger partial charge in [0.25, 0.3) is 0 Å². The zero-order valence-electron chi connectivity index (χ0n) is 37.4. The summed E-state index contributed by atoms with van der Waals surface area (Å²) in [5.74, 6) is 0.556. The molecule has 2 fully saturated rings. The lowest BCUT2D eigenvalue weighted by molar-refractivity contribution is -0.137. The van der Waals surface area contributed by atoms with E-state index in [9.17, 15) is 32.3 Å². The zero-order chi connectivity index (χ0) is 45.8. The number of nitrogens with one attached hydrogen (secondary N) is 2. The van der Waals surface area contributed by atoms with Crippen LogP contribution in [0.1, 0.15) is 71.8 Å². The molecule has 2 saturated heterocycles. The second kappa shape index (κ2) is 22.3. The molecular formula is C50H61F3N6O5. The van der Waals surface area contributed by atoms with Gasteiger partial charge in [-0.15, -0.1) is 0 Å². The Morgan fingerprint density at radius 2 is 0.984 bits per heavy atom.